The SMILES string of the molecule is FC(F)(F)C1(OCc2ccccc2)CNC1.N#CCC1CCCCC1.NC(=O)c1cn[nH]c1NC(=O)C1CC1. The third-order valence-electron chi connectivity index (χ3n) is 6.90. The van der Waals surface area contributed by atoms with Crippen LogP contribution in [0.25, 0.3) is 0 Å². The van der Waals surface area contributed by atoms with Crippen molar-refractivity contribution in [2.45, 2.75) is 69.8 Å². The molecular formula is C27H35F3N6O3. The summed E-state index contributed by atoms with van der Waals surface area (Å²) in [5.41, 5.74) is 4.03. The van der Waals surface area contributed by atoms with Gasteiger partial charge in [-0.15, -0.1) is 0 Å². The summed E-state index contributed by atoms with van der Waals surface area (Å²) < 4.78 is 43.1. The fourth-order valence-electron chi connectivity index (χ4n) is 4.19. The number of aromatic amines is 1. The zero-order chi connectivity index (χ0) is 28.3. The molecule has 2 amide bonds. The standard InChI is InChI=1S/C11H12F3NO.C8H10N4O2.C8H13N/c12-11(13,14)10(7-15-8-10)16-6-9-4-2-1-3-5-9;9-6(13)5-3-10-12-7(5)11-8(14)4-1-2-4;9-7-6-8-4-2-1-3-5-8/h1-5,15H,6-8H2;3-4H,1-2H2,(H2,9,13)(H2,10,11,12,14);8H,1-6H2. The fourth-order valence-corrected chi connectivity index (χ4v) is 4.19. The van der Waals surface area contributed by atoms with E-state index in [0.717, 1.165) is 30.7 Å². The predicted molar refractivity (Wildman–Crippen MR) is 138 cm³/mol. The van der Waals surface area contributed by atoms with E-state index in [0.29, 0.717) is 0 Å². The molecule has 0 bridgehead atoms. The molecule has 0 unspecified atom stereocenters. The van der Waals surface area contributed by atoms with Gasteiger partial charge in [-0.05, 0) is 37.2 Å². The lowest BCUT2D eigenvalue weighted by Gasteiger charge is -2.43. The van der Waals surface area contributed by atoms with Crippen LogP contribution in [0.15, 0.2) is 36.5 Å². The average Bonchev–Trinajstić information content (AvgIpc) is 3.63. The molecule has 0 spiro atoms. The number of halogens is 3. The van der Waals surface area contributed by atoms with Gasteiger partial charge >= 0.3 is 6.18 Å². The molecule has 0 radical (unpaired) electrons. The molecule has 3 fully saturated rings. The molecule has 1 saturated heterocycles. The second-order valence-electron chi connectivity index (χ2n) is 10.0. The quantitative estimate of drug-likeness (QED) is 0.402. The molecule has 9 nitrogen and oxygen atoms in total. The number of hydrogen-bond acceptors (Lipinski definition) is 6. The van der Waals surface area contributed by atoms with Gasteiger partial charge in [-0.2, -0.15) is 23.5 Å². The van der Waals surface area contributed by atoms with Crippen LogP contribution in [0, 0.1) is 23.2 Å². The molecule has 2 heterocycles. The van der Waals surface area contributed by atoms with E-state index in [4.69, 9.17) is 15.7 Å². The first-order valence-electron chi connectivity index (χ1n) is 13.1. The van der Waals surface area contributed by atoms with Gasteiger partial charge in [-0.3, -0.25) is 14.7 Å². The first kappa shape index (κ1) is 30.1. The highest BCUT2D eigenvalue weighted by atomic mass is 19.4. The zero-order valence-electron chi connectivity index (χ0n) is 21.7. The van der Waals surface area contributed by atoms with Gasteiger partial charge in [0.05, 0.1) is 18.9 Å². The van der Waals surface area contributed by atoms with Crippen molar-refractivity contribution in [3.8, 4) is 6.07 Å². The van der Waals surface area contributed by atoms with Gasteiger partial charge in [-0.25, -0.2) is 0 Å². The van der Waals surface area contributed by atoms with Crippen molar-refractivity contribution in [3.63, 3.8) is 0 Å². The minimum atomic E-state index is -4.31. The third-order valence-corrected chi connectivity index (χ3v) is 6.90. The molecule has 212 valence electrons. The minimum absolute atomic E-state index is 0.0119. The molecule has 1 aliphatic heterocycles. The first-order chi connectivity index (χ1) is 18.6. The summed E-state index contributed by atoms with van der Waals surface area (Å²) in [6.45, 7) is -0.339. The van der Waals surface area contributed by atoms with Crippen molar-refractivity contribution in [2.75, 3.05) is 18.4 Å². The number of nitrogens with one attached hydrogen (secondary N) is 3. The van der Waals surface area contributed by atoms with Crippen LogP contribution in [0.5, 0.6) is 0 Å². The number of primary amides is 1. The highest BCUT2D eigenvalue weighted by Crippen LogP contribution is 2.37. The van der Waals surface area contributed by atoms with E-state index in [1.54, 1.807) is 24.3 Å². The number of rotatable bonds is 7. The molecule has 3 aliphatic rings. The maximum atomic E-state index is 12.7. The number of alkyl halides is 3. The molecule has 2 aliphatic carbocycles. The number of H-pyrrole nitrogens is 1. The van der Waals surface area contributed by atoms with Gasteiger partial charge in [-0.1, -0.05) is 49.6 Å². The lowest BCUT2D eigenvalue weighted by Crippen LogP contribution is -2.69. The first-order valence-corrected chi connectivity index (χ1v) is 13.1. The van der Waals surface area contributed by atoms with Crippen molar-refractivity contribution >= 4 is 17.6 Å². The van der Waals surface area contributed by atoms with E-state index in [2.05, 4.69) is 26.9 Å². The van der Waals surface area contributed by atoms with Crippen LogP contribution in [-0.4, -0.2) is 46.9 Å². The number of amides is 2. The molecule has 12 heteroatoms. The topological polar surface area (TPSA) is 146 Å². The van der Waals surface area contributed by atoms with Gasteiger partial charge in [0.25, 0.3) is 5.91 Å². The summed E-state index contributed by atoms with van der Waals surface area (Å²) in [6, 6.07) is 11.1. The van der Waals surface area contributed by atoms with Crippen LogP contribution in [0.2, 0.25) is 0 Å². The lowest BCUT2D eigenvalue weighted by atomic mass is 9.87. The maximum Gasteiger partial charge on any atom is 0.419 e. The van der Waals surface area contributed by atoms with E-state index in [-0.39, 0.29) is 42.9 Å². The number of carbonyl (C=O) groups is 2. The zero-order valence-corrected chi connectivity index (χ0v) is 21.7. The molecule has 1 aromatic carbocycles. The number of nitrogens with zero attached hydrogens (tertiary/aromatic N) is 2. The monoisotopic (exact) mass is 548 g/mol. The average molecular weight is 549 g/mol. The van der Waals surface area contributed by atoms with Crippen molar-refractivity contribution in [3.05, 3.63) is 47.7 Å². The van der Waals surface area contributed by atoms with Gasteiger partial charge in [0.15, 0.2) is 5.60 Å². The van der Waals surface area contributed by atoms with E-state index in [9.17, 15) is 22.8 Å². The van der Waals surface area contributed by atoms with Gasteiger partial charge in [0, 0.05) is 25.4 Å². The predicted octanol–water partition coefficient (Wildman–Crippen LogP) is 4.44. The fraction of sp³-hybridized carbons (Fsp3) is 0.556. The molecule has 39 heavy (non-hydrogen) atoms. The van der Waals surface area contributed by atoms with Crippen molar-refractivity contribution in [2.24, 2.45) is 17.6 Å². The van der Waals surface area contributed by atoms with Gasteiger partial charge in [0.1, 0.15) is 11.4 Å². The Morgan fingerprint density at radius 2 is 1.79 bits per heavy atom. The van der Waals surface area contributed by atoms with Crippen molar-refractivity contribution < 1.29 is 27.5 Å². The number of anilines is 1. The summed E-state index contributed by atoms with van der Waals surface area (Å²) in [7, 11) is 0. The van der Waals surface area contributed by atoms with Crippen LogP contribution in [0.3, 0.4) is 0 Å². The van der Waals surface area contributed by atoms with Crippen LogP contribution < -0.4 is 16.4 Å². The summed E-state index contributed by atoms with van der Waals surface area (Å²) in [5, 5.41) is 19.7. The van der Waals surface area contributed by atoms with E-state index in [1.807, 2.05) is 6.07 Å². The highest BCUT2D eigenvalue weighted by Gasteiger charge is 2.60. The van der Waals surface area contributed by atoms with Crippen LogP contribution in [-0.2, 0) is 16.1 Å². The maximum absolute atomic E-state index is 12.7. The number of benzene rings is 1. The Kier molecular flexibility index (Phi) is 10.9. The number of nitrogens with two attached hydrogens (primary N) is 1. The lowest BCUT2D eigenvalue weighted by molar-refractivity contribution is -0.296. The molecule has 1 aromatic heterocycles. The normalized spacial score (nSPS) is 18.2. The number of hydrogen-bond donors (Lipinski definition) is 4. The molecular weight excluding hydrogens is 513 g/mol. The summed E-state index contributed by atoms with van der Waals surface area (Å²) >= 11 is 0. The largest absolute Gasteiger partial charge is 0.419 e. The number of nitriles is 1. The van der Waals surface area contributed by atoms with Crippen LogP contribution >= 0.6 is 0 Å². The van der Waals surface area contributed by atoms with Crippen LogP contribution in [0.1, 0.15) is 67.3 Å². The third kappa shape index (κ3) is 9.07. The Morgan fingerprint density at radius 1 is 1.13 bits per heavy atom. The molecule has 0 atom stereocenters. The smallest absolute Gasteiger partial charge is 0.365 e. The van der Waals surface area contributed by atoms with Gasteiger partial charge < -0.3 is 21.1 Å². The summed E-state index contributed by atoms with van der Waals surface area (Å²) in [6.07, 6.45) is 6.29. The van der Waals surface area contributed by atoms with Gasteiger partial charge in [0.2, 0.25) is 5.91 Å². The van der Waals surface area contributed by atoms with E-state index < -0.39 is 17.7 Å². The van der Waals surface area contributed by atoms with Crippen LogP contribution in [0.4, 0.5) is 19.0 Å². The summed E-state index contributed by atoms with van der Waals surface area (Å²) in [5.74, 6) is 0.416. The molecule has 2 aromatic rings. The Morgan fingerprint density at radius 3 is 2.31 bits per heavy atom. The number of ether oxygens (including phenoxy) is 1. The molecule has 2 saturated carbocycles. The Labute approximate surface area is 225 Å². The summed E-state index contributed by atoms with van der Waals surface area (Å²) in [4.78, 5) is 22.2. The Balaban J connectivity index is 0.000000168. The number of aromatic nitrogens is 2. The van der Waals surface area contributed by atoms with E-state index >= 15 is 0 Å². The second-order valence-corrected chi connectivity index (χ2v) is 10.0. The minimum Gasteiger partial charge on any atom is -0.365 e. The Hall–Kier alpha value is -3.43. The Bertz CT molecular complexity index is 1100. The molecule has 5 N–H and O–H groups in total. The van der Waals surface area contributed by atoms with E-state index in [1.165, 1.54) is 38.3 Å². The molecule has 5 rings (SSSR count). The highest BCUT2D eigenvalue weighted by molar-refractivity contribution is 6.02. The van der Waals surface area contributed by atoms with Crippen molar-refractivity contribution in [1.29, 1.82) is 5.26 Å². The van der Waals surface area contributed by atoms with Crippen molar-refractivity contribution in [1.82, 2.24) is 15.5 Å². The second kappa shape index (κ2) is 14.1. The number of carbonyl (C=O) groups excluding carboxylic acids is 2.